The molecule has 4 aromatic rings. The summed E-state index contributed by atoms with van der Waals surface area (Å²) < 4.78 is 7.35. The van der Waals surface area contributed by atoms with Gasteiger partial charge in [0, 0.05) is 17.5 Å². The van der Waals surface area contributed by atoms with E-state index in [9.17, 15) is 0 Å². The molecule has 0 unspecified atom stereocenters. The highest BCUT2D eigenvalue weighted by Gasteiger charge is 2.15. The summed E-state index contributed by atoms with van der Waals surface area (Å²) in [5.41, 5.74) is 4.89. The quantitative estimate of drug-likeness (QED) is 0.410. The van der Waals surface area contributed by atoms with Gasteiger partial charge in [-0.15, -0.1) is 0 Å². The Morgan fingerprint density at radius 3 is 2.52 bits per heavy atom. The summed E-state index contributed by atoms with van der Waals surface area (Å²) in [6, 6.07) is 13.9. The number of hydrogen-bond acceptors (Lipinski definition) is 5. The Morgan fingerprint density at radius 2 is 1.83 bits per heavy atom. The third-order valence-electron chi connectivity index (χ3n) is 4.60. The van der Waals surface area contributed by atoms with Gasteiger partial charge in [-0.25, -0.2) is 4.98 Å². The highest BCUT2D eigenvalue weighted by Crippen LogP contribution is 2.23. The van der Waals surface area contributed by atoms with Gasteiger partial charge in [0.15, 0.2) is 5.69 Å². The predicted molar refractivity (Wildman–Crippen MR) is 113 cm³/mol. The fourth-order valence-electron chi connectivity index (χ4n) is 3.15. The van der Waals surface area contributed by atoms with Crippen molar-refractivity contribution in [3.63, 3.8) is 0 Å². The van der Waals surface area contributed by atoms with Crippen LogP contribution >= 0.6 is 11.6 Å². The average Bonchev–Trinajstić information content (AvgIpc) is 3.31. The van der Waals surface area contributed by atoms with Gasteiger partial charge in [-0.1, -0.05) is 60.9 Å². The smallest absolute Gasteiger partial charge is 0.278 e. The largest absolute Gasteiger partial charge is 0.332 e. The van der Waals surface area contributed by atoms with Gasteiger partial charge in [0.1, 0.15) is 5.15 Å². The first-order chi connectivity index (χ1) is 14.0. The van der Waals surface area contributed by atoms with Crippen LogP contribution in [0, 0.1) is 12.8 Å². The molecular weight excluding hydrogens is 386 g/mol. The van der Waals surface area contributed by atoms with Crippen molar-refractivity contribution in [3.8, 4) is 23.0 Å². The minimum atomic E-state index is 0.405. The predicted octanol–water partition coefficient (Wildman–Crippen LogP) is 5.20. The Morgan fingerprint density at radius 1 is 1.07 bits per heavy atom. The summed E-state index contributed by atoms with van der Waals surface area (Å²) >= 11 is 5.85. The van der Waals surface area contributed by atoms with E-state index in [4.69, 9.17) is 16.1 Å². The lowest BCUT2D eigenvalue weighted by atomic mass is 10.0. The van der Waals surface area contributed by atoms with Gasteiger partial charge < -0.3 is 4.52 Å². The van der Waals surface area contributed by atoms with Gasteiger partial charge in [0.2, 0.25) is 5.82 Å². The Bertz CT molecular complexity index is 1100. The molecule has 0 atom stereocenters. The van der Waals surface area contributed by atoms with E-state index in [-0.39, 0.29) is 0 Å². The molecule has 0 fully saturated rings. The first-order valence-electron chi connectivity index (χ1n) is 9.56. The van der Waals surface area contributed by atoms with Crippen molar-refractivity contribution >= 4 is 11.6 Å². The monoisotopic (exact) mass is 407 g/mol. The lowest BCUT2D eigenvalue weighted by Crippen LogP contribution is -2.04. The molecule has 0 aliphatic carbocycles. The number of aryl methyl sites for hydroxylation is 1. The maximum atomic E-state index is 5.85. The number of benzene rings is 1. The van der Waals surface area contributed by atoms with Crippen molar-refractivity contribution in [3.05, 3.63) is 70.6 Å². The Labute approximate surface area is 174 Å². The molecule has 0 radical (unpaired) electrons. The molecule has 0 saturated carbocycles. The standard InChI is InChI=1S/C22H22ClN5O/c1-14(2)10-16-4-7-18(8-5-16)21-25-22(29-27-21)19-11-15(3)28(26-19)13-17-6-9-20(23)24-12-17/h4-9,11-12,14H,10,13H2,1-3H3. The lowest BCUT2D eigenvalue weighted by Gasteiger charge is -2.04. The van der Waals surface area contributed by atoms with Gasteiger partial charge in [-0.05, 0) is 42.5 Å². The first-order valence-corrected chi connectivity index (χ1v) is 9.94. The second-order valence-corrected chi connectivity index (χ2v) is 7.92. The maximum absolute atomic E-state index is 5.85. The Kier molecular flexibility index (Phi) is 5.45. The minimum Gasteiger partial charge on any atom is -0.332 e. The fourth-order valence-corrected chi connectivity index (χ4v) is 3.27. The zero-order valence-electron chi connectivity index (χ0n) is 16.6. The molecule has 148 valence electrons. The van der Waals surface area contributed by atoms with Crippen molar-refractivity contribution in [2.75, 3.05) is 0 Å². The molecule has 3 heterocycles. The second kappa shape index (κ2) is 8.17. The van der Waals surface area contributed by atoms with E-state index in [0.717, 1.165) is 23.2 Å². The molecule has 0 amide bonds. The van der Waals surface area contributed by atoms with Crippen molar-refractivity contribution in [1.82, 2.24) is 24.9 Å². The van der Waals surface area contributed by atoms with E-state index in [0.29, 0.717) is 35.0 Å². The van der Waals surface area contributed by atoms with E-state index in [1.54, 1.807) is 12.3 Å². The summed E-state index contributed by atoms with van der Waals surface area (Å²) in [6.07, 6.45) is 2.80. The van der Waals surface area contributed by atoms with Gasteiger partial charge in [-0.3, -0.25) is 4.68 Å². The zero-order valence-corrected chi connectivity index (χ0v) is 17.4. The molecule has 0 spiro atoms. The van der Waals surface area contributed by atoms with Crippen LogP contribution in [0.25, 0.3) is 23.0 Å². The first kappa shape index (κ1) is 19.3. The van der Waals surface area contributed by atoms with Crippen LogP contribution in [-0.4, -0.2) is 24.9 Å². The Balaban J connectivity index is 1.53. The van der Waals surface area contributed by atoms with Crippen LogP contribution in [0.2, 0.25) is 5.15 Å². The molecule has 0 bridgehead atoms. The number of pyridine rings is 1. The molecule has 0 aliphatic rings. The van der Waals surface area contributed by atoms with Gasteiger partial charge in [0.05, 0.1) is 6.54 Å². The van der Waals surface area contributed by atoms with Crippen molar-refractivity contribution in [2.24, 2.45) is 5.92 Å². The zero-order chi connectivity index (χ0) is 20.4. The second-order valence-electron chi connectivity index (χ2n) is 7.54. The number of nitrogens with zero attached hydrogens (tertiary/aromatic N) is 5. The number of rotatable bonds is 6. The summed E-state index contributed by atoms with van der Waals surface area (Å²) in [5.74, 6) is 1.59. The van der Waals surface area contributed by atoms with Gasteiger partial charge >= 0.3 is 0 Å². The van der Waals surface area contributed by atoms with Crippen LogP contribution in [0.4, 0.5) is 0 Å². The topological polar surface area (TPSA) is 69.6 Å². The molecule has 0 saturated heterocycles. The SMILES string of the molecule is Cc1cc(-c2nc(-c3ccc(CC(C)C)cc3)no2)nn1Cc1ccc(Cl)nc1. The molecule has 29 heavy (non-hydrogen) atoms. The lowest BCUT2D eigenvalue weighted by molar-refractivity contribution is 0.430. The molecule has 0 N–H and O–H groups in total. The van der Waals surface area contributed by atoms with Crippen LogP contribution < -0.4 is 0 Å². The third kappa shape index (κ3) is 4.54. The minimum absolute atomic E-state index is 0.405. The molecule has 1 aromatic carbocycles. The number of aromatic nitrogens is 5. The third-order valence-corrected chi connectivity index (χ3v) is 4.83. The normalized spacial score (nSPS) is 11.3. The van der Waals surface area contributed by atoms with E-state index in [2.05, 4.69) is 46.2 Å². The van der Waals surface area contributed by atoms with Crippen molar-refractivity contribution in [1.29, 1.82) is 0 Å². The molecule has 4 rings (SSSR count). The average molecular weight is 408 g/mol. The highest BCUT2D eigenvalue weighted by molar-refractivity contribution is 6.29. The van der Waals surface area contributed by atoms with E-state index >= 15 is 0 Å². The van der Waals surface area contributed by atoms with Gasteiger partial charge in [0.25, 0.3) is 5.89 Å². The molecule has 0 aliphatic heterocycles. The molecule has 7 heteroatoms. The van der Waals surface area contributed by atoms with Crippen LogP contribution in [0.1, 0.15) is 30.7 Å². The van der Waals surface area contributed by atoms with E-state index < -0.39 is 0 Å². The van der Waals surface area contributed by atoms with Crippen molar-refractivity contribution in [2.45, 2.75) is 33.7 Å². The van der Waals surface area contributed by atoms with E-state index in [1.165, 1.54) is 5.56 Å². The van der Waals surface area contributed by atoms with E-state index in [1.807, 2.05) is 35.9 Å². The van der Waals surface area contributed by atoms with Crippen LogP contribution in [-0.2, 0) is 13.0 Å². The summed E-state index contributed by atoms with van der Waals surface area (Å²) in [5, 5.41) is 9.21. The maximum Gasteiger partial charge on any atom is 0.278 e. The molecule has 6 nitrogen and oxygen atoms in total. The summed E-state index contributed by atoms with van der Waals surface area (Å²) in [6.45, 7) is 7.01. The molecule has 3 aromatic heterocycles. The molecular formula is C22H22ClN5O. The van der Waals surface area contributed by atoms with Crippen molar-refractivity contribution < 1.29 is 4.52 Å². The number of hydrogen-bond donors (Lipinski definition) is 0. The van der Waals surface area contributed by atoms with Crippen LogP contribution in [0.5, 0.6) is 0 Å². The van der Waals surface area contributed by atoms with Crippen LogP contribution in [0.3, 0.4) is 0 Å². The fraction of sp³-hybridized carbons (Fsp3) is 0.273. The van der Waals surface area contributed by atoms with Gasteiger partial charge in [-0.2, -0.15) is 10.1 Å². The number of halogens is 1. The van der Waals surface area contributed by atoms with Crippen LogP contribution in [0.15, 0.2) is 53.2 Å². The summed E-state index contributed by atoms with van der Waals surface area (Å²) in [4.78, 5) is 8.64. The highest BCUT2D eigenvalue weighted by atomic mass is 35.5. The Hall–Kier alpha value is -2.99. The summed E-state index contributed by atoms with van der Waals surface area (Å²) in [7, 11) is 0.